The van der Waals surface area contributed by atoms with Crippen LogP contribution in [0.3, 0.4) is 0 Å². The molecule has 3 rings (SSSR count). The lowest BCUT2D eigenvalue weighted by atomic mass is 10.1. The highest BCUT2D eigenvalue weighted by Crippen LogP contribution is 2.48. The Labute approximate surface area is 157 Å². The second kappa shape index (κ2) is 7.14. The fraction of sp³-hybridized carbons (Fsp3) is 0.350. The summed E-state index contributed by atoms with van der Waals surface area (Å²) in [5.74, 6) is -0.633. The molecule has 0 aromatic heterocycles. The maximum absolute atomic E-state index is 12.6. The van der Waals surface area contributed by atoms with Crippen molar-refractivity contribution in [3.63, 3.8) is 0 Å². The first-order valence-corrected chi connectivity index (χ1v) is 8.55. The van der Waals surface area contributed by atoms with Gasteiger partial charge >= 0.3 is 12.4 Å². The van der Waals surface area contributed by atoms with Gasteiger partial charge in [-0.3, -0.25) is 4.79 Å². The Hall–Kier alpha value is -2.51. The average molecular weight is 401 g/mol. The fourth-order valence-corrected chi connectivity index (χ4v) is 3.19. The zero-order valence-corrected chi connectivity index (χ0v) is 14.8. The van der Waals surface area contributed by atoms with Gasteiger partial charge in [0.2, 0.25) is 5.91 Å². The Morgan fingerprint density at radius 2 is 1.36 bits per heavy atom. The fourth-order valence-electron chi connectivity index (χ4n) is 3.19. The van der Waals surface area contributed by atoms with Crippen LogP contribution in [0.5, 0.6) is 0 Å². The molecule has 150 valence electrons. The smallest absolute Gasteiger partial charge is 0.341 e. The quantitative estimate of drug-likeness (QED) is 0.621. The van der Waals surface area contributed by atoms with Crippen LogP contribution in [0.25, 0.3) is 0 Å². The van der Waals surface area contributed by atoms with Crippen LogP contribution in [0.2, 0.25) is 0 Å². The van der Waals surface area contributed by atoms with E-state index in [1.807, 2.05) is 0 Å². The molecule has 1 saturated carbocycles. The van der Waals surface area contributed by atoms with E-state index in [0.717, 1.165) is 24.3 Å². The van der Waals surface area contributed by atoms with Gasteiger partial charge in [0, 0.05) is 19.5 Å². The summed E-state index contributed by atoms with van der Waals surface area (Å²) in [4.78, 5) is 13.9. The molecule has 0 aliphatic heterocycles. The summed E-state index contributed by atoms with van der Waals surface area (Å²) in [6.07, 6.45) is -8.27. The van der Waals surface area contributed by atoms with Gasteiger partial charge in [0.1, 0.15) is 0 Å². The van der Waals surface area contributed by atoms with Crippen molar-refractivity contribution in [3.8, 4) is 0 Å². The molecule has 2 aromatic carbocycles. The van der Waals surface area contributed by atoms with E-state index in [-0.39, 0.29) is 24.3 Å². The Morgan fingerprint density at radius 1 is 0.893 bits per heavy atom. The van der Waals surface area contributed by atoms with Gasteiger partial charge in [-0.15, -0.1) is 0 Å². The molecule has 0 N–H and O–H groups in total. The van der Waals surface area contributed by atoms with Gasteiger partial charge in [0.25, 0.3) is 0 Å². The number of halogens is 6. The standard InChI is InChI=1S/C20H17F6NO/c1-27(11-12-2-6-14(7-3-12)19(21,22)23)18(28)17-10-16(17)13-4-8-15(9-5-13)20(24,25)26/h2-9,16-17H,10-11H2,1H3. The van der Waals surface area contributed by atoms with Gasteiger partial charge in [0.05, 0.1) is 11.1 Å². The molecule has 2 unspecified atom stereocenters. The van der Waals surface area contributed by atoms with Crippen LogP contribution in [0.15, 0.2) is 48.5 Å². The summed E-state index contributed by atoms with van der Waals surface area (Å²) in [5, 5.41) is 0. The molecule has 2 nitrogen and oxygen atoms in total. The molecule has 2 aromatic rings. The minimum absolute atomic E-state index is 0.134. The maximum atomic E-state index is 12.6. The lowest BCUT2D eigenvalue weighted by Gasteiger charge is -2.18. The Bertz CT molecular complexity index is 835. The van der Waals surface area contributed by atoms with Crippen LogP contribution in [0.4, 0.5) is 26.3 Å². The van der Waals surface area contributed by atoms with Gasteiger partial charge in [-0.25, -0.2) is 0 Å². The maximum Gasteiger partial charge on any atom is 0.416 e. The van der Waals surface area contributed by atoms with Crippen molar-refractivity contribution in [2.75, 3.05) is 7.05 Å². The number of amides is 1. The van der Waals surface area contributed by atoms with E-state index in [2.05, 4.69) is 0 Å². The predicted octanol–water partition coefficient (Wildman–Crippen LogP) is 5.49. The third-order valence-corrected chi connectivity index (χ3v) is 4.85. The zero-order valence-electron chi connectivity index (χ0n) is 14.8. The molecule has 0 saturated heterocycles. The van der Waals surface area contributed by atoms with Crippen LogP contribution >= 0.6 is 0 Å². The number of alkyl halides is 6. The van der Waals surface area contributed by atoms with Crippen molar-refractivity contribution < 1.29 is 31.1 Å². The van der Waals surface area contributed by atoms with Gasteiger partial charge in [-0.05, 0) is 47.7 Å². The Balaban J connectivity index is 1.59. The highest BCUT2D eigenvalue weighted by atomic mass is 19.4. The summed E-state index contributed by atoms with van der Waals surface area (Å²) >= 11 is 0. The molecule has 0 spiro atoms. The van der Waals surface area contributed by atoms with Crippen molar-refractivity contribution in [1.29, 1.82) is 0 Å². The van der Waals surface area contributed by atoms with Gasteiger partial charge in [-0.2, -0.15) is 26.3 Å². The van der Waals surface area contributed by atoms with Crippen molar-refractivity contribution in [2.24, 2.45) is 5.92 Å². The summed E-state index contributed by atoms with van der Waals surface area (Å²) in [6, 6.07) is 9.36. The van der Waals surface area contributed by atoms with Crippen LogP contribution in [-0.4, -0.2) is 17.9 Å². The van der Waals surface area contributed by atoms with E-state index in [9.17, 15) is 31.1 Å². The molecule has 0 heterocycles. The van der Waals surface area contributed by atoms with Crippen molar-refractivity contribution >= 4 is 5.91 Å². The van der Waals surface area contributed by atoms with E-state index in [1.165, 1.54) is 29.2 Å². The second-order valence-corrected chi connectivity index (χ2v) is 6.96. The minimum Gasteiger partial charge on any atom is -0.341 e. The normalized spacial score (nSPS) is 19.4. The molecule has 2 atom stereocenters. The Kier molecular flexibility index (Phi) is 5.16. The molecule has 1 amide bonds. The van der Waals surface area contributed by atoms with E-state index in [4.69, 9.17) is 0 Å². The van der Waals surface area contributed by atoms with Gasteiger partial charge in [0.15, 0.2) is 0 Å². The van der Waals surface area contributed by atoms with Gasteiger partial charge in [-0.1, -0.05) is 24.3 Å². The van der Waals surface area contributed by atoms with Crippen molar-refractivity contribution in [1.82, 2.24) is 4.90 Å². The van der Waals surface area contributed by atoms with Crippen molar-refractivity contribution in [3.05, 3.63) is 70.8 Å². The van der Waals surface area contributed by atoms with Crippen LogP contribution in [0, 0.1) is 5.92 Å². The summed E-state index contributed by atoms with van der Waals surface area (Å²) < 4.78 is 75.6. The Morgan fingerprint density at radius 3 is 1.82 bits per heavy atom. The SMILES string of the molecule is CN(Cc1ccc(C(F)(F)F)cc1)C(=O)C1CC1c1ccc(C(F)(F)F)cc1. The number of hydrogen-bond donors (Lipinski definition) is 0. The summed E-state index contributed by atoms with van der Waals surface area (Å²) in [6.45, 7) is 0.160. The zero-order chi connectivity index (χ0) is 20.7. The van der Waals surface area contributed by atoms with Crippen molar-refractivity contribution in [2.45, 2.75) is 31.2 Å². The molecule has 0 radical (unpaired) electrons. The van der Waals surface area contributed by atoms with E-state index in [1.54, 1.807) is 7.05 Å². The molecule has 8 heteroatoms. The monoisotopic (exact) mass is 401 g/mol. The molecular weight excluding hydrogens is 384 g/mol. The first-order chi connectivity index (χ1) is 13.0. The number of carbonyl (C=O) groups is 1. The summed E-state index contributed by atoms with van der Waals surface area (Å²) in [7, 11) is 1.56. The van der Waals surface area contributed by atoms with Crippen LogP contribution < -0.4 is 0 Å². The highest BCUT2D eigenvalue weighted by molar-refractivity contribution is 5.82. The average Bonchev–Trinajstić information content (AvgIpc) is 3.41. The highest BCUT2D eigenvalue weighted by Gasteiger charge is 2.45. The predicted molar refractivity (Wildman–Crippen MR) is 90.2 cm³/mol. The van der Waals surface area contributed by atoms with E-state index >= 15 is 0 Å². The largest absolute Gasteiger partial charge is 0.416 e. The second-order valence-electron chi connectivity index (χ2n) is 6.96. The van der Waals surface area contributed by atoms with Crippen LogP contribution in [0.1, 0.15) is 34.6 Å². The molecule has 28 heavy (non-hydrogen) atoms. The first kappa shape index (κ1) is 20.2. The van der Waals surface area contributed by atoms with Gasteiger partial charge < -0.3 is 4.90 Å². The molecule has 1 fully saturated rings. The van der Waals surface area contributed by atoms with Crippen LogP contribution in [-0.2, 0) is 23.7 Å². The third-order valence-electron chi connectivity index (χ3n) is 4.85. The third kappa shape index (κ3) is 4.48. The van der Waals surface area contributed by atoms with E-state index < -0.39 is 23.5 Å². The number of benzene rings is 2. The molecule has 1 aliphatic rings. The first-order valence-electron chi connectivity index (χ1n) is 8.55. The molecule has 1 aliphatic carbocycles. The number of nitrogens with zero attached hydrogens (tertiary/aromatic N) is 1. The molecule has 0 bridgehead atoms. The lowest BCUT2D eigenvalue weighted by molar-refractivity contribution is -0.138. The number of rotatable bonds is 4. The van der Waals surface area contributed by atoms with E-state index in [0.29, 0.717) is 17.5 Å². The summed E-state index contributed by atoms with van der Waals surface area (Å²) in [5.41, 5.74) is -0.251. The number of hydrogen-bond acceptors (Lipinski definition) is 1. The lowest BCUT2D eigenvalue weighted by Crippen LogP contribution is -2.28. The molecular formula is C20H17F6NO. The topological polar surface area (TPSA) is 20.3 Å². The minimum atomic E-state index is -4.41. The number of carbonyl (C=O) groups excluding carboxylic acids is 1.